The lowest BCUT2D eigenvalue weighted by atomic mass is 10.0. The van der Waals surface area contributed by atoms with Crippen molar-refractivity contribution in [2.45, 2.75) is 58.7 Å². The predicted molar refractivity (Wildman–Crippen MR) is 84.7 cm³/mol. The lowest BCUT2D eigenvalue weighted by Gasteiger charge is -2.23. The Morgan fingerprint density at radius 3 is 2.75 bits per heavy atom. The fraction of sp³-hybridized carbons (Fsp3) is 0.688. The maximum atomic E-state index is 12.6. The highest BCUT2D eigenvalue weighted by Crippen LogP contribution is 2.29. The van der Waals surface area contributed by atoms with Crippen LogP contribution in [-0.2, 0) is 4.79 Å². The van der Waals surface area contributed by atoms with Gasteiger partial charge in [-0.3, -0.25) is 10.1 Å². The number of carbonyl (C=O) groups excluding carboxylic acids is 1. The Bertz CT molecular complexity index is 416. The first-order valence-corrected chi connectivity index (χ1v) is 8.68. The molecule has 1 aromatic rings. The molecule has 20 heavy (non-hydrogen) atoms. The van der Waals surface area contributed by atoms with Gasteiger partial charge in [-0.15, -0.1) is 0 Å². The van der Waals surface area contributed by atoms with Gasteiger partial charge in [0.1, 0.15) is 6.17 Å². The summed E-state index contributed by atoms with van der Waals surface area (Å²) in [5.74, 6) is 0.608. The van der Waals surface area contributed by atoms with E-state index in [1.165, 1.54) is 24.8 Å². The van der Waals surface area contributed by atoms with Gasteiger partial charge in [0.25, 0.3) is 0 Å². The maximum absolute atomic E-state index is 12.6. The third-order valence-electron chi connectivity index (χ3n) is 3.98. The number of amides is 1. The summed E-state index contributed by atoms with van der Waals surface area (Å²) >= 11 is 1.69. The average Bonchev–Trinajstić information content (AvgIpc) is 3.03. The number of hydrogen-bond donors (Lipinski definition) is 1. The van der Waals surface area contributed by atoms with Crippen LogP contribution in [0.25, 0.3) is 0 Å². The third-order valence-corrected chi connectivity index (χ3v) is 4.68. The molecule has 1 N–H and O–H groups in total. The zero-order valence-electron chi connectivity index (χ0n) is 12.8. The maximum Gasteiger partial charge on any atom is 0.241 e. The number of rotatable bonds is 7. The molecular formula is C16H26N2OS. The van der Waals surface area contributed by atoms with Crippen LogP contribution < -0.4 is 5.32 Å². The van der Waals surface area contributed by atoms with Crippen molar-refractivity contribution in [3.8, 4) is 0 Å². The van der Waals surface area contributed by atoms with E-state index in [1.807, 2.05) is 4.90 Å². The van der Waals surface area contributed by atoms with Crippen molar-refractivity contribution in [3.05, 3.63) is 22.4 Å². The Kier molecular flexibility index (Phi) is 5.61. The molecule has 1 aliphatic rings. The number of nitrogens with zero attached hydrogens (tertiary/aromatic N) is 1. The van der Waals surface area contributed by atoms with E-state index in [-0.39, 0.29) is 18.1 Å². The second-order valence-electron chi connectivity index (χ2n) is 5.94. The summed E-state index contributed by atoms with van der Waals surface area (Å²) in [7, 11) is 0. The van der Waals surface area contributed by atoms with E-state index in [4.69, 9.17) is 0 Å². The Labute approximate surface area is 126 Å². The van der Waals surface area contributed by atoms with Crippen LogP contribution in [0, 0.1) is 5.92 Å². The first-order chi connectivity index (χ1) is 9.65. The molecule has 1 amide bonds. The lowest BCUT2D eigenvalue weighted by Crippen LogP contribution is -2.35. The predicted octanol–water partition coefficient (Wildman–Crippen LogP) is 3.78. The first-order valence-electron chi connectivity index (χ1n) is 7.73. The van der Waals surface area contributed by atoms with E-state index in [0.29, 0.717) is 5.92 Å². The second-order valence-corrected chi connectivity index (χ2v) is 6.72. The molecule has 1 aromatic heterocycles. The standard InChI is InChI=1S/C16H26N2OS/c1-4-5-6-7-9-18-15(13-8-10-20-11-13)17-14(12(2)3)16(18)19/h8,10-12,14-15,17H,4-7,9H2,1-3H3. The van der Waals surface area contributed by atoms with Crippen LogP contribution in [0.1, 0.15) is 58.2 Å². The number of unbranched alkanes of at least 4 members (excludes halogenated alkanes) is 3. The second kappa shape index (κ2) is 7.23. The summed E-state index contributed by atoms with van der Waals surface area (Å²) in [6.07, 6.45) is 4.87. The van der Waals surface area contributed by atoms with Crippen LogP contribution in [0.15, 0.2) is 16.8 Å². The summed E-state index contributed by atoms with van der Waals surface area (Å²) in [6.45, 7) is 7.31. The Hall–Kier alpha value is -0.870. The summed E-state index contributed by atoms with van der Waals surface area (Å²) in [5.41, 5.74) is 1.22. The van der Waals surface area contributed by atoms with Crippen molar-refractivity contribution in [3.63, 3.8) is 0 Å². The van der Waals surface area contributed by atoms with Crippen LogP contribution in [-0.4, -0.2) is 23.4 Å². The molecule has 0 saturated carbocycles. The lowest BCUT2D eigenvalue weighted by molar-refractivity contribution is -0.130. The molecule has 3 nitrogen and oxygen atoms in total. The monoisotopic (exact) mass is 294 g/mol. The molecule has 2 atom stereocenters. The third kappa shape index (κ3) is 3.41. The topological polar surface area (TPSA) is 32.3 Å². The van der Waals surface area contributed by atoms with Crippen molar-refractivity contribution >= 4 is 17.2 Å². The van der Waals surface area contributed by atoms with Crippen LogP contribution in [0.4, 0.5) is 0 Å². The van der Waals surface area contributed by atoms with Gasteiger partial charge in [0.2, 0.25) is 5.91 Å². The highest BCUT2D eigenvalue weighted by molar-refractivity contribution is 7.07. The van der Waals surface area contributed by atoms with Gasteiger partial charge in [-0.25, -0.2) is 0 Å². The fourth-order valence-corrected chi connectivity index (χ4v) is 3.45. The largest absolute Gasteiger partial charge is 0.322 e. The van der Waals surface area contributed by atoms with Gasteiger partial charge >= 0.3 is 0 Å². The normalized spacial score (nSPS) is 23.0. The van der Waals surface area contributed by atoms with E-state index in [0.717, 1.165) is 13.0 Å². The van der Waals surface area contributed by atoms with Crippen molar-refractivity contribution < 1.29 is 4.79 Å². The molecule has 112 valence electrons. The minimum atomic E-state index is -0.0360. The summed E-state index contributed by atoms with van der Waals surface area (Å²) in [4.78, 5) is 14.6. The van der Waals surface area contributed by atoms with Gasteiger partial charge in [-0.2, -0.15) is 11.3 Å². The number of carbonyl (C=O) groups is 1. The molecule has 2 unspecified atom stereocenters. The fourth-order valence-electron chi connectivity index (χ4n) is 2.77. The molecule has 2 rings (SSSR count). The van der Waals surface area contributed by atoms with E-state index < -0.39 is 0 Å². The molecule has 0 radical (unpaired) electrons. The SMILES string of the molecule is CCCCCCN1C(=O)C(C(C)C)NC1c1ccsc1. The number of thiophene rings is 1. The van der Waals surface area contributed by atoms with Crippen LogP contribution >= 0.6 is 11.3 Å². The zero-order valence-corrected chi connectivity index (χ0v) is 13.6. The number of hydrogen-bond acceptors (Lipinski definition) is 3. The first kappa shape index (κ1) is 15.5. The van der Waals surface area contributed by atoms with Gasteiger partial charge in [0, 0.05) is 6.54 Å². The molecular weight excluding hydrogens is 268 g/mol. The summed E-state index contributed by atoms with van der Waals surface area (Å²) in [5, 5.41) is 7.74. The molecule has 1 fully saturated rings. The smallest absolute Gasteiger partial charge is 0.241 e. The molecule has 2 heterocycles. The molecule has 0 aliphatic carbocycles. The van der Waals surface area contributed by atoms with E-state index in [2.05, 4.69) is 42.9 Å². The van der Waals surface area contributed by atoms with Crippen LogP contribution in [0.5, 0.6) is 0 Å². The van der Waals surface area contributed by atoms with Gasteiger partial charge in [0.15, 0.2) is 0 Å². The van der Waals surface area contributed by atoms with E-state index in [9.17, 15) is 4.79 Å². The molecule has 0 spiro atoms. The van der Waals surface area contributed by atoms with Crippen LogP contribution in [0.2, 0.25) is 0 Å². The average molecular weight is 294 g/mol. The Morgan fingerprint density at radius 2 is 2.15 bits per heavy atom. The number of nitrogens with one attached hydrogen (secondary N) is 1. The quantitative estimate of drug-likeness (QED) is 0.776. The molecule has 0 bridgehead atoms. The highest BCUT2D eigenvalue weighted by atomic mass is 32.1. The highest BCUT2D eigenvalue weighted by Gasteiger charge is 2.40. The van der Waals surface area contributed by atoms with Gasteiger partial charge < -0.3 is 4.90 Å². The minimum absolute atomic E-state index is 0.0360. The van der Waals surface area contributed by atoms with Crippen molar-refractivity contribution in [2.75, 3.05) is 6.54 Å². The molecule has 1 aliphatic heterocycles. The van der Waals surface area contributed by atoms with E-state index >= 15 is 0 Å². The zero-order chi connectivity index (χ0) is 14.5. The summed E-state index contributed by atoms with van der Waals surface area (Å²) < 4.78 is 0. The van der Waals surface area contributed by atoms with Crippen molar-refractivity contribution in [1.29, 1.82) is 0 Å². The van der Waals surface area contributed by atoms with Crippen LogP contribution in [0.3, 0.4) is 0 Å². The molecule has 0 aromatic carbocycles. The van der Waals surface area contributed by atoms with Gasteiger partial charge in [-0.1, -0.05) is 40.0 Å². The molecule has 4 heteroatoms. The molecule has 1 saturated heterocycles. The van der Waals surface area contributed by atoms with Crippen molar-refractivity contribution in [2.24, 2.45) is 5.92 Å². The Balaban J connectivity index is 2.05. The Morgan fingerprint density at radius 1 is 1.35 bits per heavy atom. The van der Waals surface area contributed by atoms with Crippen molar-refractivity contribution in [1.82, 2.24) is 10.2 Å². The van der Waals surface area contributed by atoms with Gasteiger partial charge in [-0.05, 0) is 34.7 Å². The van der Waals surface area contributed by atoms with E-state index in [1.54, 1.807) is 11.3 Å². The van der Waals surface area contributed by atoms with Gasteiger partial charge in [0.05, 0.1) is 6.04 Å². The minimum Gasteiger partial charge on any atom is -0.322 e. The summed E-state index contributed by atoms with van der Waals surface area (Å²) in [6, 6.07) is 2.09.